The van der Waals surface area contributed by atoms with Crippen LogP contribution < -0.4 is 0 Å². The van der Waals surface area contributed by atoms with Crippen molar-refractivity contribution in [2.45, 2.75) is 17.2 Å². The third kappa shape index (κ3) is 1.58. The van der Waals surface area contributed by atoms with Crippen LogP contribution in [0.4, 0.5) is 0 Å². The summed E-state index contributed by atoms with van der Waals surface area (Å²) >= 11 is 21.6. The molecule has 1 saturated carbocycles. The number of carbonyl (C=O) groups excluding carboxylic acids is 2. The largest absolute Gasteiger partial charge is 0.280 e. The van der Waals surface area contributed by atoms with Crippen LogP contribution in [0.25, 0.3) is 0 Å². The first-order valence-electron chi connectivity index (χ1n) is 3.08. The summed E-state index contributed by atoms with van der Waals surface area (Å²) in [6.07, 6.45) is -0.0123. The third-order valence-corrected chi connectivity index (χ3v) is 3.13. The molecule has 1 aliphatic carbocycles. The zero-order chi connectivity index (χ0) is 9.57. The second-order valence-electron chi connectivity index (χ2n) is 2.84. The lowest BCUT2D eigenvalue weighted by atomic mass is 9.70. The maximum Gasteiger partial charge on any atom is 0.236 e. The van der Waals surface area contributed by atoms with Gasteiger partial charge in [0.05, 0.1) is 0 Å². The first-order valence-corrected chi connectivity index (χ1v) is 4.59. The van der Waals surface area contributed by atoms with Crippen LogP contribution in [-0.2, 0) is 9.59 Å². The van der Waals surface area contributed by atoms with Crippen LogP contribution in [0.1, 0.15) is 12.8 Å². The topological polar surface area (TPSA) is 34.1 Å². The zero-order valence-electron chi connectivity index (χ0n) is 5.74. The zero-order valence-corrected chi connectivity index (χ0v) is 8.77. The van der Waals surface area contributed by atoms with Crippen LogP contribution in [0.5, 0.6) is 0 Å². The fourth-order valence-electron chi connectivity index (χ4n) is 1.19. The summed E-state index contributed by atoms with van der Waals surface area (Å²) in [7, 11) is 0. The summed E-state index contributed by atoms with van der Waals surface area (Å²) in [4.78, 5) is 21.6. The minimum Gasteiger partial charge on any atom is -0.280 e. The molecular formula is C6H4Cl4O2. The molecule has 0 saturated heterocycles. The van der Waals surface area contributed by atoms with Crippen molar-refractivity contribution >= 4 is 56.9 Å². The van der Waals surface area contributed by atoms with E-state index < -0.39 is 20.2 Å². The average molecular weight is 250 g/mol. The minimum absolute atomic E-state index is 0.00617. The van der Waals surface area contributed by atoms with E-state index in [1.807, 2.05) is 0 Å². The Balaban J connectivity index is 2.83. The molecule has 1 fully saturated rings. The molecular weight excluding hydrogens is 246 g/mol. The van der Waals surface area contributed by atoms with Crippen molar-refractivity contribution in [1.82, 2.24) is 0 Å². The molecule has 0 radical (unpaired) electrons. The van der Waals surface area contributed by atoms with Crippen molar-refractivity contribution in [2.75, 3.05) is 0 Å². The summed E-state index contributed by atoms with van der Waals surface area (Å²) < 4.78 is -1.05. The van der Waals surface area contributed by atoms with E-state index in [4.69, 9.17) is 46.4 Å². The highest BCUT2D eigenvalue weighted by molar-refractivity contribution is 6.75. The smallest absolute Gasteiger partial charge is 0.236 e. The molecule has 0 aromatic heterocycles. The minimum atomic E-state index is -1.35. The van der Waals surface area contributed by atoms with Gasteiger partial charge >= 0.3 is 0 Å². The Kier molecular flexibility index (Phi) is 2.66. The molecule has 0 N–H and O–H groups in total. The molecule has 0 aliphatic heterocycles. The Labute approximate surface area is 89.1 Å². The Morgan fingerprint density at radius 3 is 1.42 bits per heavy atom. The maximum absolute atomic E-state index is 10.8. The fraction of sp³-hybridized carbons (Fsp3) is 0.667. The third-order valence-electron chi connectivity index (χ3n) is 1.87. The lowest BCUT2D eigenvalue weighted by Crippen LogP contribution is -2.52. The number of carbonyl (C=O) groups is 2. The number of alkyl halides is 2. The Bertz CT molecular complexity index is 224. The second kappa shape index (κ2) is 3.02. The van der Waals surface area contributed by atoms with Crippen molar-refractivity contribution < 1.29 is 9.59 Å². The van der Waals surface area contributed by atoms with E-state index in [0.717, 1.165) is 0 Å². The van der Waals surface area contributed by atoms with Crippen molar-refractivity contribution in [2.24, 2.45) is 5.41 Å². The lowest BCUT2D eigenvalue weighted by Gasteiger charge is -2.44. The monoisotopic (exact) mass is 248 g/mol. The summed E-state index contributed by atoms with van der Waals surface area (Å²) in [5, 5.41) is -1.58. The maximum atomic E-state index is 10.8. The summed E-state index contributed by atoms with van der Waals surface area (Å²) in [5.41, 5.74) is -1.35. The summed E-state index contributed by atoms with van der Waals surface area (Å²) in [5.74, 6) is 0. The summed E-state index contributed by atoms with van der Waals surface area (Å²) in [6, 6.07) is 0. The Hall–Kier alpha value is 0.500. The van der Waals surface area contributed by atoms with Crippen LogP contribution in [0.15, 0.2) is 0 Å². The van der Waals surface area contributed by atoms with E-state index in [1.165, 1.54) is 0 Å². The van der Waals surface area contributed by atoms with Crippen molar-refractivity contribution in [3.05, 3.63) is 0 Å². The van der Waals surface area contributed by atoms with Gasteiger partial charge in [0.25, 0.3) is 0 Å². The molecule has 68 valence electrons. The van der Waals surface area contributed by atoms with Crippen LogP contribution in [0.3, 0.4) is 0 Å². The molecule has 0 atom stereocenters. The standard InChI is InChI=1S/C6H4Cl4O2/c7-3(11)5(4(8)12)1-6(9,10)2-5/h1-2H2. The van der Waals surface area contributed by atoms with Gasteiger partial charge in [-0.05, 0) is 23.2 Å². The lowest BCUT2D eigenvalue weighted by molar-refractivity contribution is -0.137. The van der Waals surface area contributed by atoms with Gasteiger partial charge in [-0.3, -0.25) is 9.59 Å². The van der Waals surface area contributed by atoms with E-state index in [2.05, 4.69) is 0 Å². The number of rotatable bonds is 2. The molecule has 1 rings (SSSR count). The first kappa shape index (κ1) is 10.6. The average Bonchev–Trinajstić information content (AvgIpc) is 1.80. The summed E-state index contributed by atoms with van der Waals surface area (Å²) in [6.45, 7) is 0. The van der Waals surface area contributed by atoms with Gasteiger partial charge in [0.1, 0.15) is 9.75 Å². The van der Waals surface area contributed by atoms with E-state index in [1.54, 1.807) is 0 Å². The molecule has 0 bridgehead atoms. The highest BCUT2D eigenvalue weighted by atomic mass is 35.5. The molecule has 0 amide bonds. The molecule has 1 aliphatic rings. The molecule has 0 spiro atoms. The van der Waals surface area contributed by atoms with Gasteiger partial charge in [-0.25, -0.2) is 0 Å². The quantitative estimate of drug-likeness (QED) is 0.428. The Morgan fingerprint density at radius 1 is 1.00 bits per heavy atom. The van der Waals surface area contributed by atoms with E-state index in [-0.39, 0.29) is 12.8 Å². The van der Waals surface area contributed by atoms with E-state index in [9.17, 15) is 9.59 Å². The predicted molar refractivity (Wildman–Crippen MR) is 47.8 cm³/mol. The van der Waals surface area contributed by atoms with Crippen molar-refractivity contribution in [3.63, 3.8) is 0 Å². The molecule has 6 heteroatoms. The number of hydrogen-bond acceptors (Lipinski definition) is 2. The number of halogens is 4. The van der Waals surface area contributed by atoms with Gasteiger partial charge in [-0.2, -0.15) is 0 Å². The fourth-order valence-corrected chi connectivity index (χ4v) is 2.59. The van der Waals surface area contributed by atoms with Gasteiger partial charge in [0, 0.05) is 12.8 Å². The van der Waals surface area contributed by atoms with Gasteiger partial charge in [-0.15, -0.1) is 23.2 Å². The van der Waals surface area contributed by atoms with Crippen LogP contribution in [-0.4, -0.2) is 14.8 Å². The Morgan fingerprint density at radius 2 is 1.33 bits per heavy atom. The SMILES string of the molecule is O=C(Cl)C1(C(=O)Cl)CC(Cl)(Cl)C1. The molecule has 0 unspecified atom stereocenters. The van der Waals surface area contributed by atoms with Crippen LogP contribution >= 0.6 is 46.4 Å². The van der Waals surface area contributed by atoms with E-state index in [0.29, 0.717) is 0 Å². The highest BCUT2D eigenvalue weighted by Gasteiger charge is 2.61. The molecule has 2 nitrogen and oxygen atoms in total. The highest BCUT2D eigenvalue weighted by Crippen LogP contribution is 2.57. The van der Waals surface area contributed by atoms with E-state index >= 15 is 0 Å². The van der Waals surface area contributed by atoms with Gasteiger partial charge < -0.3 is 0 Å². The van der Waals surface area contributed by atoms with Gasteiger partial charge in [-0.1, -0.05) is 0 Å². The second-order valence-corrected chi connectivity index (χ2v) is 5.17. The molecule has 0 aromatic rings. The normalized spacial score (nSPS) is 24.3. The molecule has 0 heterocycles. The van der Waals surface area contributed by atoms with Crippen molar-refractivity contribution in [3.8, 4) is 0 Å². The molecule has 12 heavy (non-hydrogen) atoms. The van der Waals surface area contributed by atoms with Gasteiger partial charge in [0.15, 0.2) is 0 Å². The van der Waals surface area contributed by atoms with Crippen LogP contribution in [0, 0.1) is 5.41 Å². The molecule has 0 aromatic carbocycles. The van der Waals surface area contributed by atoms with Crippen molar-refractivity contribution in [1.29, 1.82) is 0 Å². The number of hydrogen-bond donors (Lipinski definition) is 0. The first-order chi connectivity index (χ1) is 5.30. The van der Waals surface area contributed by atoms with Gasteiger partial charge in [0.2, 0.25) is 10.5 Å². The predicted octanol–water partition coefficient (Wildman–Crippen LogP) is 2.47. The van der Waals surface area contributed by atoms with Crippen LogP contribution in [0.2, 0.25) is 0 Å².